The lowest BCUT2D eigenvalue weighted by atomic mass is 10.1. The topological polar surface area (TPSA) is 60.9 Å². The Morgan fingerprint density at radius 3 is 1.83 bits per heavy atom. The Morgan fingerprint density at radius 2 is 1.20 bits per heavy atom. The number of carbonyl (C=O) groups excluding carboxylic acids is 2. The highest BCUT2D eigenvalue weighted by Gasteiger charge is 2.58. The molecule has 1 atom stereocenters. The number of carbonyl (C=O) groups is 2. The molecule has 174 valence electrons. The van der Waals surface area contributed by atoms with Gasteiger partial charge >= 0.3 is 0 Å². The zero-order chi connectivity index (χ0) is 24.0. The third kappa shape index (κ3) is 3.36. The Hall–Kier alpha value is -3.89. The minimum atomic E-state index is -3.54. The minimum Gasteiger partial charge on any atom is -0.304 e. The molecule has 0 aromatic heterocycles. The molecular formula is C28H24N3O3P. The molecule has 2 amide bonds. The molecule has 1 unspecified atom stereocenters. The summed E-state index contributed by atoms with van der Waals surface area (Å²) in [5.41, 5.74) is 1.16. The SMILES string of the molecule is O=C1CC(P2(=O)N(c3ccccc3)CCN2c2ccccc2)C(=O)N1c1cccc2ccccc12. The fourth-order valence-electron chi connectivity index (χ4n) is 5.27. The molecule has 6 nitrogen and oxygen atoms in total. The summed E-state index contributed by atoms with van der Waals surface area (Å²) in [4.78, 5) is 28.6. The highest BCUT2D eigenvalue weighted by molar-refractivity contribution is 7.69. The molecule has 7 heteroatoms. The van der Waals surface area contributed by atoms with E-state index in [4.69, 9.17) is 0 Å². The molecule has 0 aliphatic carbocycles. The van der Waals surface area contributed by atoms with Gasteiger partial charge in [-0.3, -0.25) is 14.2 Å². The average molecular weight is 481 g/mol. The zero-order valence-corrected chi connectivity index (χ0v) is 19.9. The second kappa shape index (κ2) is 8.40. The molecule has 0 N–H and O–H groups in total. The zero-order valence-electron chi connectivity index (χ0n) is 19.0. The van der Waals surface area contributed by atoms with E-state index in [2.05, 4.69) is 0 Å². The van der Waals surface area contributed by atoms with Crippen molar-refractivity contribution in [2.24, 2.45) is 0 Å². The van der Waals surface area contributed by atoms with Gasteiger partial charge in [0.25, 0.3) is 7.44 Å². The molecule has 2 aliphatic heterocycles. The largest absolute Gasteiger partial charge is 0.304 e. The van der Waals surface area contributed by atoms with Gasteiger partial charge in [0.05, 0.1) is 5.69 Å². The van der Waals surface area contributed by atoms with Gasteiger partial charge in [0.2, 0.25) is 11.8 Å². The van der Waals surface area contributed by atoms with Crippen molar-refractivity contribution in [3.63, 3.8) is 0 Å². The van der Waals surface area contributed by atoms with Crippen LogP contribution in [0, 0.1) is 0 Å². The van der Waals surface area contributed by atoms with E-state index in [0.29, 0.717) is 18.8 Å². The van der Waals surface area contributed by atoms with Crippen molar-refractivity contribution in [1.82, 2.24) is 0 Å². The minimum absolute atomic E-state index is 0.0913. The van der Waals surface area contributed by atoms with Gasteiger partial charge in [-0.15, -0.1) is 0 Å². The molecule has 6 rings (SSSR count). The van der Waals surface area contributed by atoms with Crippen molar-refractivity contribution in [1.29, 1.82) is 0 Å². The van der Waals surface area contributed by atoms with E-state index in [1.807, 2.05) is 106 Å². The summed E-state index contributed by atoms with van der Waals surface area (Å²) in [6, 6.07) is 32.3. The van der Waals surface area contributed by atoms with Crippen molar-refractivity contribution in [2.75, 3.05) is 27.3 Å². The lowest BCUT2D eigenvalue weighted by Gasteiger charge is -2.35. The number of rotatable bonds is 4. The molecule has 0 bridgehead atoms. The summed E-state index contributed by atoms with van der Waals surface area (Å²) >= 11 is 0. The van der Waals surface area contributed by atoms with Gasteiger partial charge in [-0.25, -0.2) is 4.90 Å². The quantitative estimate of drug-likeness (QED) is 0.277. The van der Waals surface area contributed by atoms with E-state index in [9.17, 15) is 9.59 Å². The normalized spacial score (nSPS) is 19.7. The maximum absolute atomic E-state index is 15.1. The van der Waals surface area contributed by atoms with Gasteiger partial charge in [-0.05, 0) is 35.7 Å². The Labute approximate surface area is 203 Å². The third-order valence-electron chi connectivity index (χ3n) is 6.86. The number of amides is 2. The highest BCUT2D eigenvalue weighted by atomic mass is 31.2. The summed E-state index contributed by atoms with van der Waals surface area (Å²) in [7, 11) is -3.54. The second-order valence-electron chi connectivity index (χ2n) is 8.79. The van der Waals surface area contributed by atoms with E-state index in [1.54, 1.807) is 6.07 Å². The Balaban J connectivity index is 1.47. The predicted molar refractivity (Wildman–Crippen MR) is 140 cm³/mol. The lowest BCUT2D eigenvalue weighted by molar-refractivity contribution is -0.121. The van der Waals surface area contributed by atoms with Crippen LogP contribution >= 0.6 is 7.44 Å². The smallest absolute Gasteiger partial charge is 0.275 e. The summed E-state index contributed by atoms with van der Waals surface area (Å²) in [5, 5.41) is 1.76. The van der Waals surface area contributed by atoms with Gasteiger partial charge in [0.15, 0.2) is 0 Å². The van der Waals surface area contributed by atoms with E-state index >= 15 is 4.57 Å². The number of hydrogen-bond acceptors (Lipinski definition) is 3. The molecule has 4 aromatic carbocycles. The van der Waals surface area contributed by atoms with Crippen LogP contribution in [0.3, 0.4) is 0 Å². The first kappa shape index (κ1) is 21.6. The Kier molecular flexibility index (Phi) is 5.19. The first-order valence-corrected chi connectivity index (χ1v) is 13.4. The summed E-state index contributed by atoms with van der Waals surface area (Å²) in [6.45, 7) is 1.00. The van der Waals surface area contributed by atoms with Gasteiger partial charge in [-0.2, -0.15) is 0 Å². The first-order valence-electron chi connectivity index (χ1n) is 11.7. The number of benzene rings is 4. The summed E-state index contributed by atoms with van der Waals surface area (Å²) in [5.74, 6) is -0.724. The van der Waals surface area contributed by atoms with Crippen LogP contribution in [0.1, 0.15) is 6.42 Å². The van der Waals surface area contributed by atoms with Crippen LogP contribution in [0.15, 0.2) is 103 Å². The van der Waals surface area contributed by atoms with Gasteiger partial charge in [0, 0.05) is 36.3 Å². The molecular weight excluding hydrogens is 457 g/mol. The number of hydrogen-bond donors (Lipinski definition) is 0. The van der Waals surface area contributed by atoms with Crippen molar-refractivity contribution >= 4 is 47.1 Å². The molecule has 35 heavy (non-hydrogen) atoms. The van der Waals surface area contributed by atoms with Crippen molar-refractivity contribution in [2.45, 2.75) is 12.1 Å². The number of nitrogens with zero attached hydrogens (tertiary/aromatic N) is 3. The van der Waals surface area contributed by atoms with Crippen LogP contribution in [0.25, 0.3) is 10.8 Å². The average Bonchev–Trinajstić information content (AvgIpc) is 3.41. The van der Waals surface area contributed by atoms with Gasteiger partial charge in [0.1, 0.15) is 5.66 Å². The van der Waals surface area contributed by atoms with Crippen LogP contribution in [0.2, 0.25) is 0 Å². The first-order chi connectivity index (χ1) is 17.1. The number of imide groups is 1. The van der Waals surface area contributed by atoms with Crippen LogP contribution in [0.4, 0.5) is 17.1 Å². The second-order valence-corrected chi connectivity index (χ2v) is 11.6. The molecule has 0 radical (unpaired) electrons. The Morgan fingerprint density at radius 1 is 0.657 bits per heavy atom. The third-order valence-corrected chi connectivity index (χ3v) is 10.3. The molecule has 2 heterocycles. The number of fused-ring (bicyclic) bond motifs is 1. The van der Waals surface area contributed by atoms with Gasteiger partial charge < -0.3 is 9.34 Å². The predicted octanol–water partition coefficient (Wildman–Crippen LogP) is 5.69. The molecule has 2 aliphatic rings. The van der Waals surface area contributed by atoms with Crippen LogP contribution in [-0.2, 0) is 14.2 Å². The van der Waals surface area contributed by atoms with E-state index in [1.165, 1.54) is 4.90 Å². The van der Waals surface area contributed by atoms with E-state index < -0.39 is 19.0 Å². The summed E-state index contributed by atoms with van der Waals surface area (Å²) in [6.07, 6.45) is -0.0913. The van der Waals surface area contributed by atoms with E-state index in [-0.39, 0.29) is 12.3 Å². The highest BCUT2D eigenvalue weighted by Crippen LogP contribution is 2.65. The van der Waals surface area contributed by atoms with Crippen LogP contribution in [-0.4, -0.2) is 30.6 Å². The Bertz CT molecular complexity index is 1420. The van der Waals surface area contributed by atoms with Crippen molar-refractivity contribution in [3.05, 3.63) is 103 Å². The van der Waals surface area contributed by atoms with Crippen molar-refractivity contribution < 1.29 is 14.2 Å². The molecule has 2 fully saturated rings. The standard InChI is InChI=1S/C28H24N3O3P/c32-27-20-26(28(33)31(27)25-17-9-11-21-10-7-8-16-24(21)25)35(34)29(22-12-3-1-4-13-22)18-19-30(35)23-14-5-2-6-15-23/h1-17,26H,18-20H2. The van der Waals surface area contributed by atoms with Crippen LogP contribution < -0.4 is 14.2 Å². The van der Waals surface area contributed by atoms with Crippen LogP contribution in [0.5, 0.6) is 0 Å². The number of para-hydroxylation sites is 2. The fraction of sp³-hybridized carbons (Fsp3) is 0.143. The molecule has 0 saturated carbocycles. The number of anilines is 3. The molecule has 2 saturated heterocycles. The van der Waals surface area contributed by atoms with Gasteiger partial charge in [-0.1, -0.05) is 72.8 Å². The summed E-state index contributed by atoms with van der Waals surface area (Å²) < 4.78 is 18.8. The molecule has 0 spiro atoms. The van der Waals surface area contributed by atoms with Crippen molar-refractivity contribution in [3.8, 4) is 0 Å². The van der Waals surface area contributed by atoms with E-state index in [0.717, 1.165) is 22.1 Å². The fourth-order valence-corrected chi connectivity index (χ4v) is 8.68. The maximum Gasteiger partial charge on any atom is 0.275 e. The monoisotopic (exact) mass is 481 g/mol. The molecule has 4 aromatic rings. The lowest BCUT2D eigenvalue weighted by Crippen LogP contribution is -2.36. The maximum atomic E-state index is 15.1.